The molecular weight excluding hydrogens is 368 g/mol. The molecule has 2 aromatic carbocycles. The number of nitrogens with one attached hydrogen (secondary N) is 1. The van der Waals surface area contributed by atoms with Crippen LogP contribution in [0, 0.1) is 11.6 Å². The summed E-state index contributed by atoms with van der Waals surface area (Å²) in [6, 6.07) is 6.56. The van der Waals surface area contributed by atoms with Crippen LogP contribution in [0.25, 0.3) is 0 Å². The number of methoxy groups -OCH3 is 1. The highest BCUT2D eigenvalue weighted by Crippen LogP contribution is 2.28. The standard InChI is InChI=1S/C13H10BrF2NO3S/c1-20-13-5-3-9(7-10(13)14)21(18,19)17-12-6-8(15)2-4-11(12)16/h2-7,17H,1H3. The quantitative estimate of drug-likeness (QED) is 0.886. The van der Waals surface area contributed by atoms with E-state index in [9.17, 15) is 17.2 Å². The van der Waals surface area contributed by atoms with Gasteiger partial charge in [-0.1, -0.05) is 0 Å². The van der Waals surface area contributed by atoms with Gasteiger partial charge in [0.05, 0.1) is 22.2 Å². The fraction of sp³-hybridized carbons (Fsp3) is 0.0769. The smallest absolute Gasteiger partial charge is 0.262 e. The minimum absolute atomic E-state index is 0.112. The maximum atomic E-state index is 13.5. The molecule has 0 radical (unpaired) electrons. The Hall–Kier alpha value is -1.67. The minimum atomic E-state index is -4.04. The van der Waals surface area contributed by atoms with Crippen LogP contribution in [0.2, 0.25) is 0 Å². The van der Waals surface area contributed by atoms with E-state index in [0.29, 0.717) is 10.2 Å². The molecule has 0 aliphatic carbocycles. The summed E-state index contributed by atoms with van der Waals surface area (Å²) in [6.45, 7) is 0. The second-order valence-electron chi connectivity index (χ2n) is 4.03. The van der Waals surface area contributed by atoms with E-state index in [1.54, 1.807) is 0 Å². The molecule has 0 saturated heterocycles. The lowest BCUT2D eigenvalue weighted by Crippen LogP contribution is -2.14. The highest BCUT2D eigenvalue weighted by Gasteiger charge is 2.18. The first-order valence-corrected chi connectivity index (χ1v) is 7.92. The van der Waals surface area contributed by atoms with E-state index >= 15 is 0 Å². The van der Waals surface area contributed by atoms with Crippen molar-refractivity contribution in [1.29, 1.82) is 0 Å². The van der Waals surface area contributed by atoms with Crippen molar-refractivity contribution >= 4 is 31.6 Å². The second-order valence-corrected chi connectivity index (χ2v) is 6.56. The largest absolute Gasteiger partial charge is 0.496 e. The van der Waals surface area contributed by atoms with Gasteiger partial charge in [-0.05, 0) is 46.3 Å². The van der Waals surface area contributed by atoms with Gasteiger partial charge in [-0.15, -0.1) is 0 Å². The number of benzene rings is 2. The third kappa shape index (κ3) is 3.51. The van der Waals surface area contributed by atoms with E-state index in [1.807, 2.05) is 4.72 Å². The number of hydrogen-bond acceptors (Lipinski definition) is 3. The Kier molecular flexibility index (Phi) is 4.48. The van der Waals surface area contributed by atoms with Gasteiger partial charge in [-0.3, -0.25) is 4.72 Å². The van der Waals surface area contributed by atoms with E-state index in [-0.39, 0.29) is 4.90 Å². The predicted molar refractivity (Wildman–Crippen MR) is 77.9 cm³/mol. The van der Waals surface area contributed by atoms with Crippen LogP contribution in [0.4, 0.5) is 14.5 Å². The van der Waals surface area contributed by atoms with Crippen LogP contribution in [0.3, 0.4) is 0 Å². The van der Waals surface area contributed by atoms with E-state index < -0.39 is 27.3 Å². The number of hydrogen-bond donors (Lipinski definition) is 1. The summed E-state index contributed by atoms with van der Waals surface area (Å²) in [5.41, 5.74) is -0.457. The molecule has 0 aliphatic heterocycles. The Labute approximate surface area is 128 Å². The molecule has 0 aliphatic rings. The van der Waals surface area contributed by atoms with Gasteiger partial charge < -0.3 is 4.74 Å². The van der Waals surface area contributed by atoms with E-state index in [4.69, 9.17) is 4.74 Å². The van der Waals surface area contributed by atoms with Crippen LogP contribution < -0.4 is 9.46 Å². The van der Waals surface area contributed by atoms with Crippen molar-refractivity contribution in [3.8, 4) is 5.75 Å². The van der Waals surface area contributed by atoms with Crippen molar-refractivity contribution in [2.75, 3.05) is 11.8 Å². The summed E-state index contributed by atoms with van der Waals surface area (Å²) in [7, 11) is -2.60. The molecule has 0 aromatic heterocycles. The average molecular weight is 378 g/mol. The molecule has 112 valence electrons. The molecule has 2 aromatic rings. The maximum Gasteiger partial charge on any atom is 0.262 e. The summed E-state index contributed by atoms with van der Waals surface area (Å²) in [5, 5.41) is 0. The summed E-state index contributed by atoms with van der Waals surface area (Å²) in [4.78, 5) is -0.112. The van der Waals surface area contributed by atoms with E-state index in [2.05, 4.69) is 15.9 Å². The van der Waals surface area contributed by atoms with Crippen LogP contribution in [-0.2, 0) is 10.0 Å². The lowest BCUT2D eigenvalue weighted by Gasteiger charge is -2.10. The molecule has 0 saturated carbocycles. The van der Waals surface area contributed by atoms with Gasteiger partial charge in [0.1, 0.15) is 17.4 Å². The second kappa shape index (κ2) is 5.98. The summed E-state index contributed by atoms with van der Waals surface area (Å²) < 4.78 is 58.3. The third-order valence-electron chi connectivity index (χ3n) is 2.61. The molecule has 21 heavy (non-hydrogen) atoms. The van der Waals surface area contributed by atoms with Gasteiger partial charge in [0.15, 0.2) is 0 Å². The van der Waals surface area contributed by atoms with Gasteiger partial charge in [0.25, 0.3) is 10.0 Å². The Bertz CT molecular complexity index is 781. The van der Waals surface area contributed by atoms with Crippen molar-refractivity contribution in [1.82, 2.24) is 0 Å². The normalized spacial score (nSPS) is 11.2. The SMILES string of the molecule is COc1ccc(S(=O)(=O)Nc2cc(F)ccc2F)cc1Br. The molecule has 1 N–H and O–H groups in total. The number of anilines is 1. The zero-order valence-electron chi connectivity index (χ0n) is 10.7. The topological polar surface area (TPSA) is 55.4 Å². The highest BCUT2D eigenvalue weighted by atomic mass is 79.9. The Balaban J connectivity index is 2.38. The Morgan fingerprint density at radius 1 is 1.14 bits per heavy atom. The van der Waals surface area contributed by atoms with Crippen molar-refractivity contribution in [3.05, 3.63) is 52.5 Å². The molecule has 4 nitrogen and oxygen atoms in total. The summed E-state index contributed by atoms with van der Waals surface area (Å²) >= 11 is 3.16. The van der Waals surface area contributed by atoms with Crippen molar-refractivity contribution < 1.29 is 21.9 Å². The molecule has 0 fully saturated rings. The zero-order chi connectivity index (χ0) is 15.6. The first kappa shape index (κ1) is 15.7. The Morgan fingerprint density at radius 3 is 2.48 bits per heavy atom. The summed E-state index contributed by atoms with van der Waals surface area (Å²) in [5.74, 6) is -1.16. The van der Waals surface area contributed by atoms with Gasteiger partial charge >= 0.3 is 0 Å². The number of rotatable bonds is 4. The molecule has 2 rings (SSSR count). The van der Waals surface area contributed by atoms with E-state index in [1.165, 1.54) is 25.3 Å². The first-order chi connectivity index (χ1) is 9.83. The van der Waals surface area contributed by atoms with Crippen LogP contribution >= 0.6 is 15.9 Å². The first-order valence-electron chi connectivity index (χ1n) is 5.65. The lowest BCUT2D eigenvalue weighted by atomic mass is 10.3. The van der Waals surface area contributed by atoms with Crippen molar-refractivity contribution in [3.63, 3.8) is 0 Å². The Morgan fingerprint density at radius 2 is 1.86 bits per heavy atom. The van der Waals surface area contributed by atoms with E-state index in [0.717, 1.165) is 18.2 Å². The molecule has 0 atom stereocenters. The molecule has 0 amide bonds. The van der Waals surface area contributed by atoms with Gasteiger partial charge in [0.2, 0.25) is 0 Å². The van der Waals surface area contributed by atoms with Crippen LogP contribution in [0.5, 0.6) is 5.75 Å². The molecule has 8 heteroatoms. The average Bonchev–Trinajstić information content (AvgIpc) is 2.42. The summed E-state index contributed by atoms with van der Waals surface area (Å²) in [6.07, 6.45) is 0. The van der Waals surface area contributed by atoms with Gasteiger partial charge in [-0.2, -0.15) is 0 Å². The van der Waals surface area contributed by atoms with Gasteiger partial charge in [-0.25, -0.2) is 17.2 Å². The van der Waals surface area contributed by atoms with Crippen LogP contribution in [-0.4, -0.2) is 15.5 Å². The van der Waals surface area contributed by atoms with Crippen molar-refractivity contribution in [2.24, 2.45) is 0 Å². The van der Waals surface area contributed by atoms with Crippen molar-refractivity contribution in [2.45, 2.75) is 4.90 Å². The maximum absolute atomic E-state index is 13.5. The third-order valence-corrected chi connectivity index (χ3v) is 4.59. The molecule has 0 bridgehead atoms. The molecule has 0 heterocycles. The fourth-order valence-electron chi connectivity index (χ4n) is 1.59. The number of sulfonamides is 1. The van der Waals surface area contributed by atoms with Crippen LogP contribution in [0.1, 0.15) is 0 Å². The minimum Gasteiger partial charge on any atom is -0.496 e. The monoisotopic (exact) mass is 377 g/mol. The van der Waals surface area contributed by atoms with Crippen LogP contribution in [0.15, 0.2) is 45.8 Å². The molecular formula is C13H10BrF2NO3S. The number of halogens is 3. The fourth-order valence-corrected chi connectivity index (χ4v) is 3.37. The molecule has 0 spiro atoms. The predicted octanol–water partition coefficient (Wildman–Crippen LogP) is 3.54. The zero-order valence-corrected chi connectivity index (χ0v) is 13.1. The molecule has 0 unspecified atom stereocenters. The van der Waals surface area contributed by atoms with Gasteiger partial charge in [0, 0.05) is 6.07 Å². The number of ether oxygens (including phenoxy) is 1. The lowest BCUT2D eigenvalue weighted by molar-refractivity contribution is 0.411. The highest BCUT2D eigenvalue weighted by molar-refractivity contribution is 9.10.